The molecule has 0 bridgehead atoms. The van der Waals surface area contributed by atoms with E-state index in [9.17, 15) is 13.5 Å². The molecule has 120 valence electrons. The summed E-state index contributed by atoms with van der Waals surface area (Å²) in [6.45, 7) is 3.67. The maximum Gasteiger partial charge on any atom is 0.153 e. The van der Waals surface area contributed by atoms with Crippen molar-refractivity contribution >= 4 is 21.2 Å². The Morgan fingerprint density at radius 3 is 2.95 bits per heavy atom. The first-order valence-electron chi connectivity index (χ1n) is 7.42. The largest absolute Gasteiger partial charge is 0.392 e. The van der Waals surface area contributed by atoms with Crippen molar-refractivity contribution in [3.63, 3.8) is 0 Å². The van der Waals surface area contributed by atoms with Crippen molar-refractivity contribution in [3.05, 3.63) is 16.1 Å². The topological polar surface area (TPSA) is 70.5 Å². The molecule has 0 radical (unpaired) electrons. The number of rotatable bonds is 6. The van der Waals surface area contributed by atoms with E-state index in [1.807, 2.05) is 12.3 Å². The number of aliphatic hydroxyl groups is 1. The van der Waals surface area contributed by atoms with Gasteiger partial charge < -0.3 is 5.11 Å². The van der Waals surface area contributed by atoms with E-state index >= 15 is 0 Å². The van der Waals surface area contributed by atoms with Crippen LogP contribution >= 0.6 is 11.3 Å². The van der Waals surface area contributed by atoms with Gasteiger partial charge in [0.05, 0.1) is 11.8 Å². The summed E-state index contributed by atoms with van der Waals surface area (Å²) in [4.78, 5) is 6.71. The molecule has 1 aliphatic rings. The van der Waals surface area contributed by atoms with Gasteiger partial charge in [-0.2, -0.15) is 0 Å². The van der Waals surface area contributed by atoms with Crippen molar-refractivity contribution in [1.82, 2.24) is 9.88 Å². The third-order valence-electron chi connectivity index (χ3n) is 3.88. The minimum Gasteiger partial charge on any atom is -0.392 e. The highest BCUT2D eigenvalue weighted by molar-refractivity contribution is 7.90. The monoisotopic (exact) mass is 332 g/mol. The van der Waals surface area contributed by atoms with Gasteiger partial charge in [0.1, 0.15) is 10.8 Å². The van der Waals surface area contributed by atoms with E-state index in [1.165, 1.54) is 17.6 Å². The number of hydrogen-bond acceptors (Lipinski definition) is 6. The van der Waals surface area contributed by atoms with Crippen molar-refractivity contribution in [2.75, 3.05) is 12.8 Å². The second kappa shape index (κ2) is 7.17. The van der Waals surface area contributed by atoms with Gasteiger partial charge in [-0.05, 0) is 25.8 Å². The third kappa shape index (κ3) is 5.02. The molecule has 0 saturated carbocycles. The van der Waals surface area contributed by atoms with E-state index in [4.69, 9.17) is 0 Å². The Morgan fingerprint density at radius 1 is 1.52 bits per heavy atom. The van der Waals surface area contributed by atoms with Gasteiger partial charge in [-0.25, -0.2) is 13.4 Å². The van der Waals surface area contributed by atoms with Gasteiger partial charge in [0.25, 0.3) is 0 Å². The molecule has 1 N–H and O–H groups in total. The van der Waals surface area contributed by atoms with Crippen molar-refractivity contribution in [2.24, 2.45) is 0 Å². The molecule has 0 amide bonds. The van der Waals surface area contributed by atoms with Crippen LogP contribution in [-0.4, -0.2) is 48.4 Å². The molecule has 0 aliphatic carbocycles. The minimum atomic E-state index is -3.03. The third-order valence-corrected chi connectivity index (χ3v) is 5.75. The predicted molar refractivity (Wildman–Crippen MR) is 85.0 cm³/mol. The summed E-state index contributed by atoms with van der Waals surface area (Å²) in [6.07, 6.45) is 5.03. The van der Waals surface area contributed by atoms with Crippen molar-refractivity contribution in [3.8, 4) is 0 Å². The lowest BCUT2D eigenvalue weighted by Crippen LogP contribution is -2.46. The second-order valence-corrected chi connectivity index (χ2v) is 8.89. The van der Waals surface area contributed by atoms with Gasteiger partial charge in [0, 0.05) is 24.2 Å². The lowest BCUT2D eigenvalue weighted by Gasteiger charge is -2.37. The van der Waals surface area contributed by atoms with Crippen LogP contribution in [0.5, 0.6) is 0 Å². The number of thiazole rings is 1. The maximum atomic E-state index is 11.3. The fourth-order valence-electron chi connectivity index (χ4n) is 2.84. The standard InChI is InChI=1S/C14H24N2O3S2/c1-3-13(17)12-6-4-5-7-16(12)8-11-9-20-14(15-11)10-21(2,18)19/h9,12-13,17H,3-8,10H2,1-2H3/t12-,13+/m0/s1. The first-order chi connectivity index (χ1) is 9.89. The van der Waals surface area contributed by atoms with Crippen LogP contribution < -0.4 is 0 Å². The number of aliphatic hydroxyl groups excluding tert-OH is 1. The van der Waals surface area contributed by atoms with E-state index in [-0.39, 0.29) is 17.9 Å². The van der Waals surface area contributed by atoms with E-state index in [2.05, 4.69) is 9.88 Å². The molecule has 0 aromatic carbocycles. The summed E-state index contributed by atoms with van der Waals surface area (Å²) in [5, 5.41) is 12.7. The number of aromatic nitrogens is 1. The van der Waals surface area contributed by atoms with Crippen LogP contribution in [0.3, 0.4) is 0 Å². The normalized spacial score (nSPS) is 22.3. The van der Waals surface area contributed by atoms with Gasteiger partial charge in [0.15, 0.2) is 9.84 Å². The zero-order valence-electron chi connectivity index (χ0n) is 12.7. The van der Waals surface area contributed by atoms with Crippen LogP contribution in [0.25, 0.3) is 0 Å². The molecule has 1 aliphatic heterocycles. The van der Waals surface area contributed by atoms with Crippen LogP contribution in [0, 0.1) is 0 Å². The summed E-state index contributed by atoms with van der Waals surface area (Å²) >= 11 is 1.40. The summed E-state index contributed by atoms with van der Waals surface area (Å²) < 4.78 is 22.6. The smallest absolute Gasteiger partial charge is 0.153 e. The van der Waals surface area contributed by atoms with Crippen LogP contribution in [0.2, 0.25) is 0 Å². The highest BCUT2D eigenvalue weighted by Crippen LogP contribution is 2.24. The summed E-state index contributed by atoms with van der Waals surface area (Å²) in [5.74, 6) is 0.0126. The molecular formula is C14H24N2O3S2. The molecule has 1 saturated heterocycles. The molecule has 21 heavy (non-hydrogen) atoms. The summed E-state index contributed by atoms with van der Waals surface area (Å²) in [6, 6.07) is 0.198. The number of nitrogens with zero attached hydrogens (tertiary/aromatic N) is 2. The molecule has 1 aromatic heterocycles. The lowest BCUT2D eigenvalue weighted by molar-refractivity contribution is 0.0190. The molecule has 0 spiro atoms. The predicted octanol–water partition coefficient (Wildman–Crippen LogP) is 1.81. The van der Waals surface area contributed by atoms with Crippen LogP contribution in [0.1, 0.15) is 43.3 Å². The van der Waals surface area contributed by atoms with E-state index < -0.39 is 9.84 Å². The SMILES string of the molecule is CC[C@@H](O)[C@@H]1CCCCN1Cc1csc(CS(C)(=O)=O)n1. The van der Waals surface area contributed by atoms with Crippen LogP contribution in [0.4, 0.5) is 0 Å². The number of piperidine rings is 1. The van der Waals surface area contributed by atoms with Crippen molar-refractivity contribution in [2.45, 2.75) is 57.1 Å². The molecular weight excluding hydrogens is 308 g/mol. The molecule has 0 unspecified atom stereocenters. The highest BCUT2D eigenvalue weighted by atomic mass is 32.2. The Morgan fingerprint density at radius 2 is 2.29 bits per heavy atom. The average molecular weight is 332 g/mol. The van der Waals surface area contributed by atoms with Crippen LogP contribution in [0.15, 0.2) is 5.38 Å². The van der Waals surface area contributed by atoms with Crippen molar-refractivity contribution in [1.29, 1.82) is 0 Å². The Balaban J connectivity index is 2.02. The van der Waals surface area contributed by atoms with Gasteiger partial charge in [-0.3, -0.25) is 4.90 Å². The minimum absolute atomic E-state index is 0.0126. The molecule has 7 heteroatoms. The molecule has 1 fully saturated rings. The summed E-state index contributed by atoms with van der Waals surface area (Å²) in [7, 11) is -3.03. The van der Waals surface area contributed by atoms with E-state index in [0.29, 0.717) is 11.6 Å². The Hall–Kier alpha value is -0.500. The van der Waals surface area contributed by atoms with Crippen molar-refractivity contribution < 1.29 is 13.5 Å². The number of hydrogen-bond donors (Lipinski definition) is 1. The average Bonchev–Trinajstić information content (AvgIpc) is 2.83. The Bertz CT molecular complexity index is 556. The zero-order valence-corrected chi connectivity index (χ0v) is 14.3. The number of likely N-dealkylation sites (tertiary alicyclic amines) is 1. The zero-order chi connectivity index (χ0) is 15.5. The Labute approximate surface area is 130 Å². The maximum absolute atomic E-state index is 11.3. The van der Waals surface area contributed by atoms with Gasteiger partial charge in [-0.15, -0.1) is 11.3 Å². The van der Waals surface area contributed by atoms with E-state index in [0.717, 1.165) is 37.9 Å². The quantitative estimate of drug-likeness (QED) is 0.860. The molecule has 2 heterocycles. The Kier molecular flexibility index (Phi) is 5.76. The molecule has 2 rings (SSSR count). The fraction of sp³-hybridized carbons (Fsp3) is 0.786. The summed E-state index contributed by atoms with van der Waals surface area (Å²) in [5.41, 5.74) is 0.911. The molecule has 5 nitrogen and oxygen atoms in total. The first-order valence-corrected chi connectivity index (χ1v) is 10.4. The second-order valence-electron chi connectivity index (χ2n) is 5.81. The van der Waals surface area contributed by atoms with E-state index in [1.54, 1.807) is 0 Å². The van der Waals surface area contributed by atoms with Gasteiger partial charge in [-0.1, -0.05) is 13.3 Å². The van der Waals surface area contributed by atoms with Gasteiger partial charge >= 0.3 is 0 Å². The molecule has 2 atom stereocenters. The lowest BCUT2D eigenvalue weighted by atomic mass is 9.96. The molecule has 1 aromatic rings. The highest BCUT2D eigenvalue weighted by Gasteiger charge is 2.28. The first kappa shape index (κ1) is 16.9. The van der Waals surface area contributed by atoms with Gasteiger partial charge in [0.2, 0.25) is 0 Å². The number of sulfone groups is 1. The fourth-order valence-corrected chi connectivity index (χ4v) is 4.84. The van der Waals surface area contributed by atoms with Crippen LogP contribution in [-0.2, 0) is 22.1 Å².